The Morgan fingerprint density at radius 1 is 1.33 bits per heavy atom. The first kappa shape index (κ1) is 12.5. The van der Waals surface area contributed by atoms with Gasteiger partial charge >= 0.3 is 0 Å². The maximum Gasteiger partial charge on any atom is 0.230 e. The highest BCUT2D eigenvalue weighted by Gasteiger charge is 2.17. The number of aryl methyl sites for hydroxylation is 2. The van der Waals surface area contributed by atoms with Gasteiger partial charge in [0.05, 0.1) is 12.7 Å². The zero-order valence-corrected chi connectivity index (χ0v) is 12.1. The van der Waals surface area contributed by atoms with E-state index >= 15 is 0 Å². The molecule has 6 heteroatoms. The van der Waals surface area contributed by atoms with E-state index in [1.807, 2.05) is 0 Å². The molecule has 2 aromatic heterocycles. The van der Waals surface area contributed by atoms with Gasteiger partial charge in [-0.25, -0.2) is 0 Å². The number of anilines is 1. The molecule has 0 radical (unpaired) electrons. The number of benzene rings is 1. The number of nitrogens with zero attached hydrogens (tertiary/aromatic N) is 2. The topological polar surface area (TPSA) is 68.0 Å². The summed E-state index contributed by atoms with van der Waals surface area (Å²) in [6.07, 6.45) is 5.41. The first-order valence-corrected chi connectivity index (χ1v) is 7.75. The Bertz CT molecular complexity index is 808. The van der Waals surface area contributed by atoms with Crippen LogP contribution < -0.4 is 5.32 Å². The van der Waals surface area contributed by atoms with Gasteiger partial charge in [0, 0.05) is 10.9 Å². The average molecular weight is 299 g/mol. The van der Waals surface area contributed by atoms with Crippen molar-refractivity contribution in [3.05, 3.63) is 40.6 Å². The van der Waals surface area contributed by atoms with E-state index in [1.165, 1.54) is 28.9 Å². The van der Waals surface area contributed by atoms with Crippen LogP contribution in [-0.2, 0) is 24.1 Å². The summed E-state index contributed by atoms with van der Waals surface area (Å²) in [6, 6.07) is 4.29. The molecule has 1 aliphatic rings. The van der Waals surface area contributed by atoms with Crippen LogP contribution in [0.5, 0.6) is 0 Å². The largest absolute Gasteiger partial charge is 0.464 e. The molecule has 1 aromatic carbocycles. The van der Waals surface area contributed by atoms with Crippen LogP contribution in [0, 0.1) is 0 Å². The van der Waals surface area contributed by atoms with Crippen molar-refractivity contribution in [3.63, 3.8) is 0 Å². The molecule has 1 amide bonds. The summed E-state index contributed by atoms with van der Waals surface area (Å²) >= 11 is 1.31. The molecule has 0 fully saturated rings. The Morgan fingerprint density at radius 3 is 3.00 bits per heavy atom. The Balaban J connectivity index is 1.60. The number of nitrogens with one attached hydrogen (secondary N) is 1. The van der Waals surface area contributed by atoms with E-state index in [0.717, 1.165) is 29.4 Å². The van der Waals surface area contributed by atoms with Crippen molar-refractivity contribution in [3.8, 4) is 0 Å². The summed E-state index contributed by atoms with van der Waals surface area (Å²) in [5.41, 5.74) is 6.14. The van der Waals surface area contributed by atoms with Crippen molar-refractivity contribution in [2.75, 3.05) is 5.32 Å². The minimum Gasteiger partial charge on any atom is -0.464 e. The van der Waals surface area contributed by atoms with Crippen LogP contribution in [0.3, 0.4) is 0 Å². The van der Waals surface area contributed by atoms with E-state index in [-0.39, 0.29) is 12.3 Å². The summed E-state index contributed by atoms with van der Waals surface area (Å²) in [6.45, 7) is 0. The highest BCUT2D eigenvalue weighted by molar-refractivity contribution is 7.13. The molecular formula is C15H13N3O2S. The van der Waals surface area contributed by atoms with Gasteiger partial charge in [-0.2, -0.15) is 0 Å². The Labute approximate surface area is 125 Å². The Hall–Kier alpha value is -2.21. The summed E-state index contributed by atoms with van der Waals surface area (Å²) in [7, 11) is 0. The van der Waals surface area contributed by atoms with E-state index in [4.69, 9.17) is 4.42 Å². The molecule has 0 spiro atoms. The molecule has 0 saturated carbocycles. The van der Waals surface area contributed by atoms with Crippen LogP contribution in [0.2, 0.25) is 0 Å². The predicted molar refractivity (Wildman–Crippen MR) is 80.5 cm³/mol. The van der Waals surface area contributed by atoms with Crippen LogP contribution in [0.15, 0.2) is 28.3 Å². The van der Waals surface area contributed by atoms with Gasteiger partial charge in [0.25, 0.3) is 0 Å². The van der Waals surface area contributed by atoms with E-state index in [1.54, 1.807) is 11.8 Å². The van der Waals surface area contributed by atoms with Crippen LogP contribution in [0.4, 0.5) is 5.13 Å². The zero-order chi connectivity index (χ0) is 14.2. The second-order valence-corrected chi connectivity index (χ2v) is 6.03. The first-order valence-electron chi connectivity index (χ1n) is 6.87. The number of amides is 1. The second-order valence-electron chi connectivity index (χ2n) is 5.20. The summed E-state index contributed by atoms with van der Waals surface area (Å²) < 4.78 is 5.61. The summed E-state index contributed by atoms with van der Waals surface area (Å²) in [5.74, 6) is -0.102. The number of carbonyl (C=O) groups excluding carboxylic acids is 1. The van der Waals surface area contributed by atoms with Gasteiger partial charge < -0.3 is 9.73 Å². The van der Waals surface area contributed by atoms with E-state index in [2.05, 4.69) is 27.6 Å². The monoisotopic (exact) mass is 299 g/mol. The van der Waals surface area contributed by atoms with Gasteiger partial charge in [0.15, 0.2) is 0 Å². The van der Waals surface area contributed by atoms with Crippen LogP contribution in [0.25, 0.3) is 11.0 Å². The number of furan rings is 1. The molecule has 0 unspecified atom stereocenters. The van der Waals surface area contributed by atoms with Crippen molar-refractivity contribution >= 4 is 33.3 Å². The number of aromatic nitrogens is 2. The Kier molecular flexibility index (Phi) is 2.96. The molecular weight excluding hydrogens is 286 g/mol. The lowest BCUT2D eigenvalue weighted by molar-refractivity contribution is -0.115. The number of carbonyl (C=O) groups is 1. The van der Waals surface area contributed by atoms with Gasteiger partial charge in [-0.15, -0.1) is 10.2 Å². The predicted octanol–water partition coefficient (Wildman–Crippen LogP) is 2.95. The van der Waals surface area contributed by atoms with Crippen molar-refractivity contribution in [2.45, 2.75) is 25.7 Å². The lowest BCUT2D eigenvalue weighted by Gasteiger charge is -2.01. The third-order valence-corrected chi connectivity index (χ3v) is 4.43. The second kappa shape index (κ2) is 4.96. The molecule has 1 N–H and O–H groups in total. The zero-order valence-electron chi connectivity index (χ0n) is 11.3. The maximum atomic E-state index is 12.0. The number of fused-ring (bicyclic) bond motifs is 2. The summed E-state index contributed by atoms with van der Waals surface area (Å²) in [5, 5.41) is 11.8. The standard InChI is InChI=1S/C15H13N3O2S/c19-14(17-15-18-16-8-21-15)6-11-7-20-13-5-10-3-1-2-9(10)4-12(11)13/h4-5,7-8H,1-3,6H2,(H,17,18,19). The van der Waals surface area contributed by atoms with Crippen LogP contribution >= 0.6 is 11.3 Å². The summed E-state index contributed by atoms with van der Waals surface area (Å²) in [4.78, 5) is 12.0. The molecule has 0 aliphatic heterocycles. The quantitative estimate of drug-likeness (QED) is 0.807. The fourth-order valence-corrected chi connectivity index (χ4v) is 3.31. The minimum atomic E-state index is -0.102. The molecule has 0 saturated heterocycles. The maximum absolute atomic E-state index is 12.0. The molecule has 5 nitrogen and oxygen atoms in total. The first-order chi connectivity index (χ1) is 10.3. The molecule has 4 rings (SSSR count). The average Bonchev–Trinajstić information content (AvgIpc) is 3.18. The minimum absolute atomic E-state index is 0.102. The third-order valence-electron chi connectivity index (χ3n) is 3.83. The lowest BCUT2D eigenvalue weighted by atomic mass is 10.0. The third kappa shape index (κ3) is 2.31. The van der Waals surface area contributed by atoms with Crippen molar-refractivity contribution < 1.29 is 9.21 Å². The van der Waals surface area contributed by atoms with Gasteiger partial charge in [0.1, 0.15) is 11.1 Å². The van der Waals surface area contributed by atoms with Crippen molar-refractivity contribution in [1.82, 2.24) is 10.2 Å². The molecule has 2 heterocycles. The van der Waals surface area contributed by atoms with Gasteiger partial charge in [0.2, 0.25) is 11.0 Å². The fraction of sp³-hybridized carbons (Fsp3) is 0.267. The van der Waals surface area contributed by atoms with Gasteiger partial charge in [-0.1, -0.05) is 11.3 Å². The molecule has 0 atom stereocenters. The van der Waals surface area contributed by atoms with E-state index in [9.17, 15) is 4.79 Å². The number of hydrogen-bond donors (Lipinski definition) is 1. The molecule has 106 valence electrons. The highest BCUT2D eigenvalue weighted by atomic mass is 32.1. The Morgan fingerprint density at radius 2 is 2.19 bits per heavy atom. The van der Waals surface area contributed by atoms with Crippen LogP contribution in [0.1, 0.15) is 23.1 Å². The van der Waals surface area contributed by atoms with Crippen molar-refractivity contribution in [1.29, 1.82) is 0 Å². The van der Waals surface area contributed by atoms with Crippen molar-refractivity contribution in [2.24, 2.45) is 0 Å². The highest BCUT2D eigenvalue weighted by Crippen LogP contribution is 2.30. The molecule has 21 heavy (non-hydrogen) atoms. The molecule has 1 aliphatic carbocycles. The van der Waals surface area contributed by atoms with Gasteiger partial charge in [-0.3, -0.25) is 4.79 Å². The fourth-order valence-electron chi connectivity index (χ4n) is 2.85. The number of rotatable bonds is 3. The van der Waals surface area contributed by atoms with Gasteiger partial charge in [-0.05, 0) is 42.5 Å². The van der Waals surface area contributed by atoms with E-state index in [0.29, 0.717) is 5.13 Å². The number of hydrogen-bond acceptors (Lipinski definition) is 5. The SMILES string of the molecule is O=C(Cc1coc2cc3c(cc12)CCC3)Nc1nncs1. The smallest absolute Gasteiger partial charge is 0.230 e. The molecule has 3 aromatic rings. The van der Waals surface area contributed by atoms with Crippen LogP contribution in [-0.4, -0.2) is 16.1 Å². The molecule has 0 bridgehead atoms. The normalized spacial score (nSPS) is 13.5. The van der Waals surface area contributed by atoms with E-state index < -0.39 is 0 Å². The lowest BCUT2D eigenvalue weighted by Crippen LogP contribution is -2.14.